The number of Topliss-reactive ketones (excluding diaryl/α,β-unsaturated/α-hetero) is 1. The maximum absolute atomic E-state index is 12.6. The summed E-state index contributed by atoms with van der Waals surface area (Å²) in [6.07, 6.45) is 0. The van der Waals surface area contributed by atoms with Gasteiger partial charge in [0.05, 0.1) is 24.9 Å². The molecule has 4 aromatic rings. The molecule has 0 saturated carbocycles. The highest BCUT2D eigenvalue weighted by molar-refractivity contribution is 7.20. The molecule has 0 saturated heterocycles. The Balaban J connectivity index is 1.50. The van der Waals surface area contributed by atoms with Gasteiger partial charge < -0.3 is 9.47 Å². The predicted molar refractivity (Wildman–Crippen MR) is 115 cm³/mol. The molecule has 4 rings (SSSR count). The first-order chi connectivity index (χ1) is 14.6. The Morgan fingerprint density at radius 2 is 1.80 bits per heavy atom. The lowest BCUT2D eigenvalue weighted by Crippen LogP contribution is -2.14. The minimum atomic E-state index is -0.523. The molecule has 0 unspecified atom stereocenters. The molecule has 2 aromatic heterocycles. The number of hydrogen-bond acceptors (Lipinski definition) is 6. The highest BCUT2D eigenvalue weighted by atomic mass is 32.1. The minimum Gasteiger partial charge on any atom is -0.496 e. The SMILES string of the molecule is COc1ccccc1C(=O)COC(=O)c1cc2c(C)nn(Cc3ccccc3)c2s1. The van der Waals surface area contributed by atoms with Gasteiger partial charge in [-0.15, -0.1) is 11.3 Å². The summed E-state index contributed by atoms with van der Waals surface area (Å²) in [7, 11) is 1.50. The molecular weight excluding hydrogens is 400 g/mol. The van der Waals surface area contributed by atoms with Crippen LogP contribution in [0.3, 0.4) is 0 Å². The number of aromatic nitrogens is 2. The monoisotopic (exact) mass is 420 g/mol. The van der Waals surface area contributed by atoms with Gasteiger partial charge in [0.25, 0.3) is 0 Å². The highest BCUT2D eigenvalue weighted by Crippen LogP contribution is 2.29. The number of para-hydroxylation sites is 1. The number of fused-ring (bicyclic) bond motifs is 1. The van der Waals surface area contributed by atoms with Crippen molar-refractivity contribution in [3.8, 4) is 5.75 Å². The number of methoxy groups -OCH3 is 1. The van der Waals surface area contributed by atoms with Crippen molar-refractivity contribution in [1.29, 1.82) is 0 Å². The number of carbonyl (C=O) groups is 2. The maximum Gasteiger partial charge on any atom is 0.348 e. The van der Waals surface area contributed by atoms with Crippen LogP contribution in [0, 0.1) is 6.92 Å². The van der Waals surface area contributed by atoms with E-state index in [4.69, 9.17) is 9.47 Å². The lowest BCUT2D eigenvalue weighted by molar-refractivity contribution is 0.0479. The van der Waals surface area contributed by atoms with Crippen LogP contribution in [0.1, 0.15) is 31.3 Å². The van der Waals surface area contributed by atoms with Crippen molar-refractivity contribution in [1.82, 2.24) is 9.78 Å². The molecule has 0 bridgehead atoms. The fourth-order valence-corrected chi connectivity index (χ4v) is 4.29. The van der Waals surface area contributed by atoms with Gasteiger partial charge in [-0.05, 0) is 30.7 Å². The number of hydrogen-bond donors (Lipinski definition) is 0. The van der Waals surface area contributed by atoms with Gasteiger partial charge in [-0.25, -0.2) is 4.79 Å². The number of nitrogens with zero attached hydrogens (tertiary/aromatic N) is 2. The lowest BCUT2D eigenvalue weighted by Gasteiger charge is -2.07. The van der Waals surface area contributed by atoms with Crippen LogP contribution in [0.4, 0.5) is 0 Å². The quantitative estimate of drug-likeness (QED) is 0.325. The van der Waals surface area contributed by atoms with Gasteiger partial charge in [0.2, 0.25) is 5.78 Å². The summed E-state index contributed by atoms with van der Waals surface area (Å²) in [5, 5.41) is 5.50. The van der Waals surface area contributed by atoms with Gasteiger partial charge in [0, 0.05) is 5.39 Å². The molecule has 0 aliphatic rings. The van der Waals surface area contributed by atoms with Gasteiger partial charge in [-0.3, -0.25) is 9.48 Å². The number of esters is 1. The van der Waals surface area contributed by atoms with Crippen LogP contribution in [-0.2, 0) is 11.3 Å². The van der Waals surface area contributed by atoms with Gasteiger partial charge >= 0.3 is 5.97 Å². The highest BCUT2D eigenvalue weighted by Gasteiger charge is 2.19. The van der Waals surface area contributed by atoms with Crippen molar-refractivity contribution in [2.75, 3.05) is 13.7 Å². The molecule has 6 nitrogen and oxygen atoms in total. The fourth-order valence-electron chi connectivity index (χ4n) is 3.23. The second kappa shape index (κ2) is 8.51. The van der Waals surface area contributed by atoms with Crippen molar-refractivity contribution in [2.45, 2.75) is 13.5 Å². The maximum atomic E-state index is 12.6. The second-order valence-corrected chi connectivity index (χ2v) is 7.79. The largest absolute Gasteiger partial charge is 0.496 e. The first-order valence-corrected chi connectivity index (χ1v) is 10.2. The minimum absolute atomic E-state index is 0.312. The summed E-state index contributed by atoms with van der Waals surface area (Å²) < 4.78 is 12.4. The number of aryl methyl sites for hydroxylation is 1. The normalized spacial score (nSPS) is 10.9. The molecule has 0 aliphatic carbocycles. The summed E-state index contributed by atoms with van der Waals surface area (Å²) >= 11 is 1.32. The Kier molecular flexibility index (Phi) is 5.63. The second-order valence-electron chi connectivity index (χ2n) is 6.76. The van der Waals surface area contributed by atoms with E-state index in [-0.39, 0.29) is 12.4 Å². The Labute approximate surface area is 177 Å². The van der Waals surface area contributed by atoms with E-state index in [0.717, 1.165) is 21.5 Å². The van der Waals surface area contributed by atoms with E-state index >= 15 is 0 Å². The van der Waals surface area contributed by atoms with E-state index in [0.29, 0.717) is 22.7 Å². The molecule has 2 aromatic carbocycles. The molecule has 0 spiro atoms. The molecular formula is C23H20N2O4S. The van der Waals surface area contributed by atoms with Crippen LogP contribution in [-0.4, -0.2) is 35.2 Å². The number of benzene rings is 2. The number of thiophene rings is 1. The average molecular weight is 420 g/mol. The predicted octanol–water partition coefficient (Wildman–Crippen LogP) is 4.50. The van der Waals surface area contributed by atoms with E-state index in [2.05, 4.69) is 5.10 Å². The zero-order valence-corrected chi connectivity index (χ0v) is 17.4. The van der Waals surface area contributed by atoms with E-state index in [1.165, 1.54) is 18.4 Å². The Morgan fingerprint density at radius 1 is 1.07 bits per heavy atom. The molecule has 0 aliphatic heterocycles. The Bertz CT molecular complexity index is 1210. The topological polar surface area (TPSA) is 70.4 Å². The van der Waals surface area contributed by atoms with E-state index in [1.54, 1.807) is 30.3 Å². The van der Waals surface area contributed by atoms with Gasteiger partial charge in [-0.1, -0.05) is 42.5 Å². The third-order valence-electron chi connectivity index (χ3n) is 4.73. The van der Waals surface area contributed by atoms with Crippen molar-refractivity contribution < 1.29 is 19.1 Å². The summed E-state index contributed by atoms with van der Waals surface area (Å²) in [4.78, 5) is 26.3. The van der Waals surface area contributed by atoms with Crippen molar-refractivity contribution in [2.24, 2.45) is 0 Å². The summed E-state index contributed by atoms with van der Waals surface area (Å²) in [6.45, 7) is 2.19. The van der Waals surface area contributed by atoms with Gasteiger partial charge in [0.1, 0.15) is 15.5 Å². The fraction of sp³-hybridized carbons (Fsp3) is 0.174. The zero-order chi connectivity index (χ0) is 21.1. The molecule has 0 fully saturated rings. The third kappa shape index (κ3) is 3.97. The van der Waals surface area contributed by atoms with Crippen molar-refractivity contribution >= 4 is 33.3 Å². The van der Waals surface area contributed by atoms with Crippen LogP contribution in [0.15, 0.2) is 60.7 Å². The average Bonchev–Trinajstić information content (AvgIpc) is 3.34. The van der Waals surface area contributed by atoms with Crippen LogP contribution < -0.4 is 4.74 Å². The smallest absolute Gasteiger partial charge is 0.348 e. The zero-order valence-electron chi connectivity index (χ0n) is 16.6. The standard InChI is InChI=1S/C23H20N2O4S/c1-15-18-12-21(30-22(18)25(24-15)13-16-8-4-3-5-9-16)23(27)29-14-19(26)17-10-6-7-11-20(17)28-2/h3-12H,13-14H2,1-2H3. The molecule has 0 atom stereocenters. The summed E-state index contributed by atoms with van der Waals surface area (Å²) in [5.74, 6) is -0.379. The van der Waals surface area contributed by atoms with Gasteiger partial charge in [0.15, 0.2) is 6.61 Å². The number of ether oxygens (including phenoxy) is 2. The van der Waals surface area contributed by atoms with Crippen LogP contribution >= 0.6 is 11.3 Å². The van der Waals surface area contributed by atoms with E-state index in [9.17, 15) is 9.59 Å². The summed E-state index contributed by atoms with van der Waals surface area (Å²) in [5.41, 5.74) is 2.36. The Hall–Kier alpha value is -3.45. The first kappa shape index (κ1) is 19.8. The lowest BCUT2D eigenvalue weighted by atomic mass is 10.1. The van der Waals surface area contributed by atoms with Crippen molar-refractivity contribution in [3.63, 3.8) is 0 Å². The molecule has 0 radical (unpaired) electrons. The number of rotatable bonds is 7. The first-order valence-electron chi connectivity index (χ1n) is 9.41. The van der Waals surface area contributed by atoms with Crippen LogP contribution in [0.5, 0.6) is 5.75 Å². The summed E-state index contributed by atoms with van der Waals surface area (Å²) in [6, 6.07) is 18.7. The van der Waals surface area contributed by atoms with Crippen LogP contribution in [0.25, 0.3) is 10.2 Å². The molecule has 0 N–H and O–H groups in total. The third-order valence-corrected chi connectivity index (χ3v) is 5.85. The number of carbonyl (C=O) groups excluding carboxylic acids is 2. The molecule has 7 heteroatoms. The molecule has 0 amide bonds. The molecule has 152 valence electrons. The van der Waals surface area contributed by atoms with Crippen LogP contribution in [0.2, 0.25) is 0 Å². The molecule has 2 heterocycles. The Morgan fingerprint density at radius 3 is 2.57 bits per heavy atom. The molecule has 30 heavy (non-hydrogen) atoms. The number of ketones is 1. The van der Waals surface area contributed by atoms with E-state index < -0.39 is 5.97 Å². The van der Waals surface area contributed by atoms with Crippen molar-refractivity contribution in [3.05, 3.63) is 82.4 Å². The van der Waals surface area contributed by atoms with Gasteiger partial charge in [-0.2, -0.15) is 5.10 Å². The van der Waals surface area contributed by atoms with E-state index in [1.807, 2.05) is 41.9 Å².